The Morgan fingerprint density at radius 3 is 2.61 bits per heavy atom. The molecule has 0 atom stereocenters. The maximum absolute atomic E-state index is 11.7. The summed E-state index contributed by atoms with van der Waals surface area (Å²) in [6, 6.07) is 5.77. The minimum absolute atomic E-state index is 0.0866. The molecule has 4 nitrogen and oxygen atoms in total. The molecule has 0 radical (unpaired) electrons. The van der Waals surface area contributed by atoms with E-state index >= 15 is 0 Å². The van der Waals surface area contributed by atoms with Gasteiger partial charge in [-0.05, 0) is 38.5 Å². The topological polar surface area (TPSA) is 58.4 Å². The smallest absolute Gasteiger partial charge is 0.251 e. The summed E-state index contributed by atoms with van der Waals surface area (Å²) in [6.45, 7) is 7.32. The predicted molar refractivity (Wildman–Crippen MR) is 77.0 cm³/mol. The number of nitrogen functional groups attached to an aromatic ring is 1. The van der Waals surface area contributed by atoms with Gasteiger partial charge in [0.15, 0.2) is 0 Å². The van der Waals surface area contributed by atoms with Crippen LogP contribution in [0.15, 0.2) is 18.2 Å². The number of nitrogens with zero attached hydrogens (tertiary/aromatic N) is 1. The number of hydrogen-bond donors (Lipinski definition) is 2. The monoisotopic (exact) mass is 249 g/mol. The highest BCUT2D eigenvalue weighted by atomic mass is 16.1. The van der Waals surface area contributed by atoms with Crippen molar-refractivity contribution in [3.05, 3.63) is 23.8 Å². The molecule has 0 saturated carbocycles. The first kappa shape index (κ1) is 14.4. The maximum Gasteiger partial charge on any atom is 0.251 e. The van der Waals surface area contributed by atoms with Gasteiger partial charge in [0, 0.05) is 25.2 Å². The SMILES string of the molecule is CCCN(c1cc(C(=O)NC)ccc1N)C(C)C. The first-order valence-electron chi connectivity index (χ1n) is 6.39. The third-order valence-corrected chi connectivity index (χ3v) is 2.92. The first-order valence-corrected chi connectivity index (χ1v) is 6.39. The molecule has 0 unspecified atom stereocenters. The van der Waals surface area contributed by atoms with E-state index < -0.39 is 0 Å². The lowest BCUT2D eigenvalue weighted by molar-refractivity contribution is 0.0963. The molecule has 0 heterocycles. The zero-order valence-corrected chi connectivity index (χ0v) is 11.7. The number of anilines is 2. The van der Waals surface area contributed by atoms with Gasteiger partial charge in [-0.3, -0.25) is 4.79 Å². The molecule has 18 heavy (non-hydrogen) atoms. The second kappa shape index (κ2) is 6.28. The fraction of sp³-hybridized carbons (Fsp3) is 0.500. The molecule has 1 amide bonds. The lowest BCUT2D eigenvalue weighted by Gasteiger charge is -2.30. The van der Waals surface area contributed by atoms with E-state index in [-0.39, 0.29) is 5.91 Å². The van der Waals surface area contributed by atoms with Gasteiger partial charge in [-0.25, -0.2) is 0 Å². The van der Waals surface area contributed by atoms with E-state index in [1.165, 1.54) is 0 Å². The maximum atomic E-state index is 11.7. The quantitative estimate of drug-likeness (QED) is 0.787. The lowest BCUT2D eigenvalue weighted by Crippen LogP contribution is -2.32. The molecular weight excluding hydrogens is 226 g/mol. The van der Waals surface area contributed by atoms with E-state index in [0.29, 0.717) is 17.3 Å². The predicted octanol–water partition coefficient (Wildman–Crippen LogP) is 2.25. The molecule has 100 valence electrons. The summed E-state index contributed by atoms with van der Waals surface area (Å²) in [5.74, 6) is -0.0866. The third-order valence-electron chi connectivity index (χ3n) is 2.92. The van der Waals surface area contributed by atoms with Gasteiger partial charge in [-0.15, -0.1) is 0 Å². The Bertz CT molecular complexity index is 416. The molecule has 1 aromatic carbocycles. The summed E-state index contributed by atoms with van der Waals surface area (Å²) in [4.78, 5) is 13.9. The van der Waals surface area contributed by atoms with Crippen molar-refractivity contribution in [3.8, 4) is 0 Å². The van der Waals surface area contributed by atoms with Crippen molar-refractivity contribution in [2.45, 2.75) is 33.2 Å². The molecule has 0 aliphatic carbocycles. The van der Waals surface area contributed by atoms with Gasteiger partial charge >= 0.3 is 0 Å². The van der Waals surface area contributed by atoms with Gasteiger partial charge in [0.05, 0.1) is 11.4 Å². The zero-order chi connectivity index (χ0) is 13.7. The largest absolute Gasteiger partial charge is 0.397 e. The van der Waals surface area contributed by atoms with Crippen LogP contribution in [0.1, 0.15) is 37.6 Å². The standard InChI is InChI=1S/C14H23N3O/c1-5-8-17(10(2)3)13-9-11(14(18)16-4)6-7-12(13)15/h6-7,9-10H,5,8,15H2,1-4H3,(H,16,18). The number of carbonyl (C=O) groups is 1. The van der Waals surface area contributed by atoms with Crippen LogP contribution in [0.3, 0.4) is 0 Å². The van der Waals surface area contributed by atoms with E-state index in [1.54, 1.807) is 19.2 Å². The Balaban J connectivity index is 3.16. The summed E-state index contributed by atoms with van der Waals surface area (Å²) in [6.07, 6.45) is 1.04. The summed E-state index contributed by atoms with van der Waals surface area (Å²) >= 11 is 0. The zero-order valence-electron chi connectivity index (χ0n) is 11.7. The van der Waals surface area contributed by atoms with Crippen molar-refractivity contribution >= 4 is 17.3 Å². The van der Waals surface area contributed by atoms with Crippen molar-refractivity contribution in [1.29, 1.82) is 0 Å². The first-order chi connectivity index (χ1) is 8.51. The molecule has 0 bridgehead atoms. The highest BCUT2D eigenvalue weighted by Gasteiger charge is 2.14. The molecule has 0 spiro atoms. The van der Waals surface area contributed by atoms with Crippen LogP contribution < -0.4 is 16.0 Å². The van der Waals surface area contributed by atoms with Gasteiger partial charge in [0.25, 0.3) is 5.91 Å². The van der Waals surface area contributed by atoms with E-state index in [1.807, 2.05) is 6.07 Å². The fourth-order valence-electron chi connectivity index (χ4n) is 1.98. The van der Waals surface area contributed by atoms with Crippen LogP contribution in [0.5, 0.6) is 0 Å². The number of benzene rings is 1. The number of amides is 1. The van der Waals surface area contributed by atoms with E-state index in [4.69, 9.17) is 5.73 Å². The Morgan fingerprint density at radius 1 is 1.44 bits per heavy atom. The van der Waals surface area contributed by atoms with Crippen LogP contribution in [0.4, 0.5) is 11.4 Å². The molecule has 0 saturated heterocycles. The van der Waals surface area contributed by atoms with E-state index in [0.717, 1.165) is 18.7 Å². The Morgan fingerprint density at radius 2 is 2.11 bits per heavy atom. The van der Waals surface area contributed by atoms with E-state index in [2.05, 4.69) is 31.0 Å². The average Bonchev–Trinajstić information content (AvgIpc) is 2.35. The van der Waals surface area contributed by atoms with E-state index in [9.17, 15) is 4.79 Å². The van der Waals surface area contributed by atoms with Crippen LogP contribution in [-0.2, 0) is 0 Å². The number of carbonyl (C=O) groups excluding carboxylic acids is 1. The Hall–Kier alpha value is -1.71. The minimum Gasteiger partial charge on any atom is -0.397 e. The molecule has 3 N–H and O–H groups in total. The number of nitrogens with two attached hydrogens (primary N) is 1. The number of hydrogen-bond acceptors (Lipinski definition) is 3. The average molecular weight is 249 g/mol. The molecule has 0 aliphatic heterocycles. The third kappa shape index (κ3) is 3.15. The van der Waals surface area contributed by atoms with Gasteiger partial charge in [0.2, 0.25) is 0 Å². The summed E-state index contributed by atoms with van der Waals surface area (Å²) in [5.41, 5.74) is 8.32. The van der Waals surface area contributed by atoms with Gasteiger partial charge < -0.3 is 16.0 Å². The van der Waals surface area contributed by atoms with Crippen molar-refractivity contribution in [1.82, 2.24) is 5.32 Å². The van der Waals surface area contributed by atoms with Crippen LogP contribution in [0, 0.1) is 0 Å². The number of nitrogens with one attached hydrogen (secondary N) is 1. The molecule has 0 fully saturated rings. The van der Waals surface area contributed by atoms with Gasteiger partial charge in [-0.2, -0.15) is 0 Å². The van der Waals surface area contributed by atoms with Crippen molar-refractivity contribution in [3.63, 3.8) is 0 Å². The van der Waals surface area contributed by atoms with Crippen LogP contribution in [-0.4, -0.2) is 25.5 Å². The molecule has 1 rings (SSSR count). The molecule has 0 aliphatic rings. The number of rotatable bonds is 5. The lowest BCUT2D eigenvalue weighted by atomic mass is 10.1. The van der Waals surface area contributed by atoms with Gasteiger partial charge in [-0.1, -0.05) is 6.92 Å². The Labute approximate surface area is 109 Å². The molecular formula is C14H23N3O. The minimum atomic E-state index is -0.0866. The highest BCUT2D eigenvalue weighted by molar-refractivity contribution is 5.96. The summed E-state index contributed by atoms with van der Waals surface area (Å²) in [5, 5.41) is 2.63. The van der Waals surface area contributed by atoms with Crippen LogP contribution >= 0.6 is 0 Å². The second-order valence-electron chi connectivity index (χ2n) is 4.64. The Kier molecular flexibility index (Phi) is 5.01. The van der Waals surface area contributed by atoms with Crippen LogP contribution in [0.25, 0.3) is 0 Å². The summed E-state index contributed by atoms with van der Waals surface area (Å²) < 4.78 is 0. The normalized spacial score (nSPS) is 10.5. The van der Waals surface area contributed by atoms with Crippen molar-refractivity contribution in [2.75, 3.05) is 24.2 Å². The summed E-state index contributed by atoms with van der Waals surface area (Å²) in [7, 11) is 1.63. The van der Waals surface area contributed by atoms with Gasteiger partial charge in [0.1, 0.15) is 0 Å². The molecule has 1 aromatic rings. The second-order valence-corrected chi connectivity index (χ2v) is 4.64. The molecule has 4 heteroatoms. The van der Waals surface area contributed by atoms with Crippen molar-refractivity contribution < 1.29 is 4.79 Å². The van der Waals surface area contributed by atoms with Crippen LogP contribution in [0.2, 0.25) is 0 Å². The fourth-order valence-corrected chi connectivity index (χ4v) is 1.98. The highest BCUT2D eigenvalue weighted by Crippen LogP contribution is 2.26. The molecule has 0 aromatic heterocycles. The van der Waals surface area contributed by atoms with Crippen molar-refractivity contribution in [2.24, 2.45) is 0 Å².